The van der Waals surface area contributed by atoms with Gasteiger partial charge < -0.3 is 10.2 Å². The molecule has 0 aromatic heterocycles. The van der Waals surface area contributed by atoms with Gasteiger partial charge in [-0.05, 0) is 49.6 Å². The average molecular weight is 480 g/mol. The molecule has 0 unspecified atom stereocenters. The molecular weight excluding hydrogens is 450 g/mol. The Morgan fingerprint density at radius 1 is 1.03 bits per heavy atom. The SMILES string of the molecule is CCNC(=O)[C@@H](CC)N(CCc1ccccc1)C(=O)CN(c1ccc(Cl)cc1)S(C)(=O)=O. The van der Waals surface area contributed by atoms with Crippen LogP contribution in [0.2, 0.25) is 5.02 Å². The van der Waals surface area contributed by atoms with Crippen molar-refractivity contribution in [2.75, 3.05) is 30.2 Å². The number of likely N-dealkylation sites (N-methyl/N-ethyl adjacent to an activating group) is 1. The zero-order chi connectivity index (χ0) is 23.7. The Balaban J connectivity index is 2.33. The first-order valence-electron chi connectivity index (χ1n) is 10.5. The second kappa shape index (κ2) is 11.9. The maximum Gasteiger partial charge on any atom is 0.244 e. The summed E-state index contributed by atoms with van der Waals surface area (Å²) in [6, 6.07) is 15.2. The van der Waals surface area contributed by atoms with Gasteiger partial charge in [-0.2, -0.15) is 0 Å². The summed E-state index contributed by atoms with van der Waals surface area (Å²) in [6.45, 7) is 3.96. The Labute approximate surface area is 195 Å². The fourth-order valence-electron chi connectivity index (χ4n) is 3.41. The third-order valence-corrected chi connectivity index (χ3v) is 6.41. The van der Waals surface area contributed by atoms with E-state index in [9.17, 15) is 18.0 Å². The lowest BCUT2D eigenvalue weighted by Crippen LogP contribution is -2.53. The van der Waals surface area contributed by atoms with Crippen LogP contribution in [0.1, 0.15) is 25.8 Å². The Morgan fingerprint density at radius 3 is 2.19 bits per heavy atom. The molecule has 32 heavy (non-hydrogen) atoms. The van der Waals surface area contributed by atoms with Crippen LogP contribution in [0, 0.1) is 0 Å². The fraction of sp³-hybridized carbons (Fsp3) is 0.391. The third-order valence-electron chi connectivity index (χ3n) is 5.01. The summed E-state index contributed by atoms with van der Waals surface area (Å²) in [6.07, 6.45) is 2.00. The van der Waals surface area contributed by atoms with E-state index < -0.39 is 28.5 Å². The summed E-state index contributed by atoms with van der Waals surface area (Å²) in [5, 5.41) is 3.23. The number of halogens is 1. The number of hydrogen-bond donors (Lipinski definition) is 1. The summed E-state index contributed by atoms with van der Waals surface area (Å²) in [7, 11) is -3.75. The molecule has 0 aliphatic heterocycles. The normalized spacial score (nSPS) is 12.1. The van der Waals surface area contributed by atoms with E-state index in [-0.39, 0.29) is 12.5 Å². The van der Waals surface area contributed by atoms with Gasteiger partial charge in [0.1, 0.15) is 12.6 Å². The van der Waals surface area contributed by atoms with Crippen molar-refractivity contribution < 1.29 is 18.0 Å². The van der Waals surface area contributed by atoms with Crippen molar-refractivity contribution in [3.05, 3.63) is 65.2 Å². The van der Waals surface area contributed by atoms with E-state index >= 15 is 0 Å². The Bertz CT molecular complexity index is 998. The van der Waals surface area contributed by atoms with Crippen LogP contribution in [0.4, 0.5) is 5.69 Å². The molecule has 0 fully saturated rings. The predicted octanol–water partition coefficient (Wildman–Crippen LogP) is 3.09. The smallest absolute Gasteiger partial charge is 0.244 e. The van der Waals surface area contributed by atoms with Crippen molar-refractivity contribution >= 4 is 39.1 Å². The molecule has 2 aromatic carbocycles. The van der Waals surface area contributed by atoms with E-state index in [2.05, 4.69) is 5.32 Å². The van der Waals surface area contributed by atoms with Crippen molar-refractivity contribution in [3.63, 3.8) is 0 Å². The molecule has 0 saturated carbocycles. The number of carbonyl (C=O) groups is 2. The molecule has 0 heterocycles. The number of anilines is 1. The highest BCUT2D eigenvalue weighted by atomic mass is 35.5. The molecule has 2 amide bonds. The quantitative estimate of drug-likeness (QED) is 0.536. The molecule has 0 aliphatic rings. The molecule has 9 heteroatoms. The molecule has 0 aliphatic carbocycles. The number of amides is 2. The lowest BCUT2D eigenvalue weighted by molar-refractivity contribution is -0.139. The van der Waals surface area contributed by atoms with Gasteiger partial charge in [-0.15, -0.1) is 0 Å². The van der Waals surface area contributed by atoms with Crippen molar-refractivity contribution in [2.24, 2.45) is 0 Å². The third kappa shape index (κ3) is 7.24. The van der Waals surface area contributed by atoms with Crippen LogP contribution in [-0.4, -0.2) is 57.1 Å². The van der Waals surface area contributed by atoms with E-state index in [0.29, 0.717) is 30.1 Å². The number of rotatable bonds is 11. The first-order chi connectivity index (χ1) is 15.2. The van der Waals surface area contributed by atoms with E-state index in [1.54, 1.807) is 24.3 Å². The first-order valence-corrected chi connectivity index (χ1v) is 12.7. The molecule has 1 atom stereocenters. The molecule has 2 rings (SSSR count). The zero-order valence-corrected chi connectivity index (χ0v) is 20.2. The van der Waals surface area contributed by atoms with Crippen LogP contribution >= 0.6 is 11.6 Å². The second-order valence-electron chi connectivity index (χ2n) is 7.39. The van der Waals surface area contributed by atoms with Crippen LogP contribution in [0.5, 0.6) is 0 Å². The number of sulfonamides is 1. The van der Waals surface area contributed by atoms with E-state index in [4.69, 9.17) is 11.6 Å². The number of benzene rings is 2. The topological polar surface area (TPSA) is 86.8 Å². The van der Waals surface area contributed by atoms with Gasteiger partial charge >= 0.3 is 0 Å². The van der Waals surface area contributed by atoms with Gasteiger partial charge in [-0.25, -0.2) is 8.42 Å². The van der Waals surface area contributed by atoms with Crippen molar-refractivity contribution in [2.45, 2.75) is 32.7 Å². The van der Waals surface area contributed by atoms with Crippen LogP contribution in [0.15, 0.2) is 54.6 Å². The largest absolute Gasteiger partial charge is 0.355 e. The van der Waals surface area contributed by atoms with Crippen LogP contribution in [0.25, 0.3) is 0 Å². The Hall–Kier alpha value is -2.58. The van der Waals surface area contributed by atoms with E-state index in [0.717, 1.165) is 16.1 Å². The maximum absolute atomic E-state index is 13.4. The average Bonchev–Trinajstić information content (AvgIpc) is 2.75. The van der Waals surface area contributed by atoms with Crippen LogP contribution < -0.4 is 9.62 Å². The molecular formula is C23H30ClN3O4S. The zero-order valence-electron chi connectivity index (χ0n) is 18.6. The number of carbonyl (C=O) groups excluding carboxylic acids is 2. The molecule has 0 spiro atoms. The minimum atomic E-state index is -3.75. The summed E-state index contributed by atoms with van der Waals surface area (Å²) < 4.78 is 26.0. The van der Waals surface area contributed by atoms with Gasteiger partial charge in [-0.1, -0.05) is 48.9 Å². The minimum Gasteiger partial charge on any atom is -0.355 e. The number of hydrogen-bond acceptors (Lipinski definition) is 4. The second-order valence-corrected chi connectivity index (χ2v) is 9.73. The highest BCUT2D eigenvalue weighted by molar-refractivity contribution is 7.92. The van der Waals surface area contributed by atoms with Crippen molar-refractivity contribution in [3.8, 4) is 0 Å². The molecule has 1 N–H and O–H groups in total. The summed E-state index contributed by atoms with van der Waals surface area (Å²) in [5.74, 6) is -0.701. The van der Waals surface area contributed by atoms with Gasteiger partial charge in [0, 0.05) is 18.1 Å². The van der Waals surface area contributed by atoms with Gasteiger partial charge in [0.05, 0.1) is 11.9 Å². The molecule has 2 aromatic rings. The first kappa shape index (κ1) is 25.7. The lowest BCUT2D eigenvalue weighted by atomic mass is 10.1. The summed E-state index contributed by atoms with van der Waals surface area (Å²) in [5.41, 5.74) is 1.35. The van der Waals surface area contributed by atoms with Gasteiger partial charge in [-0.3, -0.25) is 13.9 Å². The van der Waals surface area contributed by atoms with Gasteiger partial charge in [0.2, 0.25) is 21.8 Å². The highest BCUT2D eigenvalue weighted by Crippen LogP contribution is 2.21. The number of nitrogens with one attached hydrogen (secondary N) is 1. The van der Waals surface area contributed by atoms with Gasteiger partial charge in [0.15, 0.2) is 0 Å². The maximum atomic E-state index is 13.4. The minimum absolute atomic E-state index is 0.256. The van der Waals surface area contributed by atoms with Gasteiger partial charge in [0.25, 0.3) is 0 Å². The molecule has 174 valence electrons. The predicted molar refractivity (Wildman–Crippen MR) is 128 cm³/mol. The summed E-state index contributed by atoms with van der Waals surface area (Å²) in [4.78, 5) is 27.5. The van der Waals surface area contributed by atoms with E-state index in [1.807, 2.05) is 44.2 Å². The summed E-state index contributed by atoms with van der Waals surface area (Å²) >= 11 is 5.92. The molecule has 0 saturated heterocycles. The Morgan fingerprint density at radius 2 is 1.66 bits per heavy atom. The fourth-order valence-corrected chi connectivity index (χ4v) is 4.38. The van der Waals surface area contributed by atoms with Crippen LogP contribution in [-0.2, 0) is 26.0 Å². The van der Waals surface area contributed by atoms with E-state index in [1.165, 1.54) is 4.90 Å². The van der Waals surface area contributed by atoms with Crippen LogP contribution in [0.3, 0.4) is 0 Å². The molecule has 0 radical (unpaired) electrons. The Kier molecular flexibility index (Phi) is 9.53. The number of nitrogens with zero attached hydrogens (tertiary/aromatic N) is 2. The monoisotopic (exact) mass is 479 g/mol. The molecule has 7 nitrogen and oxygen atoms in total. The highest BCUT2D eigenvalue weighted by Gasteiger charge is 2.31. The van der Waals surface area contributed by atoms with Crippen molar-refractivity contribution in [1.29, 1.82) is 0 Å². The molecule has 0 bridgehead atoms. The standard InChI is InChI=1S/C23H30ClN3O4S/c1-4-21(23(29)25-5-2)26(16-15-18-9-7-6-8-10-18)22(28)17-27(32(3,30)31)20-13-11-19(24)12-14-20/h6-14,21H,4-5,15-17H2,1-3H3,(H,25,29)/t21-/m1/s1. The lowest BCUT2D eigenvalue weighted by Gasteiger charge is -2.32. The van der Waals surface area contributed by atoms with Crippen molar-refractivity contribution in [1.82, 2.24) is 10.2 Å².